The van der Waals surface area contributed by atoms with Crippen molar-refractivity contribution in [3.05, 3.63) is 48.0 Å². The molecule has 0 atom stereocenters. The summed E-state index contributed by atoms with van der Waals surface area (Å²) in [6.07, 6.45) is 0. The predicted octanol–water partition coefficient (Wildman–Crippen LogP) is 2.45. The third-order valence-corrected chi connectivity index (χ3v) is 2.20. The Morgan fingerprint density at radius 1 is 1.25 bits per heavy atom. The molecule has 1 aromatic heterocycles. The number of nitrogens with one attached hydrogen (secondary N) is 1. The van der Waals surface area contributed by atoms with Gasteiger partial charge in [0.25, 0.3) is 5.91 Å². The first-order chi connectivity index (χ1) is 7.72. The van der Waals surface area contributed by atoms with Crippen LogP contribution in [0.4, 0.5) is 4.39 Å². The molecule has 0 unspecified atom stereocenters. The standard InChI is InChI=1S/C12H10FNO2/c1-14-12(15)11-7-6-10(16-11)8-4-2-3-5-9(8)13/h2-7H,1H3,(H,14,15)/i13-1. The average molecular weight is 218 g/mol. The van der Waals surface area contributed by atoms with Gasteiger partial charge < -0.3 is 9.73 Å². The van der Waals surface area contributed by atoms with Crippen LogP contribution >= 0.6 is 0 Å². The summed E-state index contributed by atoms with van der Waals surface area (Å²) in [6, 6.07) is 9.34. The normalized spacial score (nSPS) is 10.1. The molecular formula is C12H10FNO2. The second-order valence-corrected chi connectivity index (χ2v) is 3.22. The van der Waals surface area contributed by atoms with Gasteiger partial charge in [-0.15, -0.1) is 0 Å². The number of benzene rings is 1. The zero-order valence-corrected chi connectivity index (χ0v) is 8.66. The molecule has 0 fully saturated rings. The lowest BCUT2D eigenvalue weighted by Gasteiger charge is -1.98. The Hall–Kier alpha value is -2.10. The summed E-state index contributed by atoms with van der Waals surface area (Å²) < 4.78 is 18.7. The fourth-order valence-electron chi connectivity index (χ4n) is 1.39. The quantitative estimate of drug-likeness (QED) is 0.841. The molecule has 4 heteroatoms. The summed E-state index contributed by atoms with van der Waals surface area (Å²) in [7, 11) is 1.51. The molecule has 0 aliphatic carbocycles. The van der Waals surface area contributed by atoms with Gasteiger partial charge in [-0.25, -0.2) is 4.39 Å². The number of furan rings is 1. The number of amides is 1. The van der Waals surface area contributed by atoms with Gasteiger partial charge >= 0.3 is 0 Å². The van der Waals surface area contributed by atoms with Crippen molar-refractivity contribution in [3.63, 3.8) is 0 Å². The van der Waals surface area contributed by atoms with E-state index >= 15 is 0 Å². The molecule has 0 saturated carbocycles. The average Bonchev–Trinajstić information content (AvgIpc) is 2.78. The number of carbonyl (C=O) groups excluding carboxylic acids is 1. The van der Waals surface area contributed by atoms with E-state index < -0.39 is 0 Å². The number of hydrogen-bond acceptors (Lipinski definition) is 2. The minimum Gasteiger partial charge on any atom is -0.451 e. The van der Waals surface area contributed by atoms with Gasteiger partial charge in [-0.1, -0.05) is 12.1 Å². The largest absolute Gasteiger partial charge is 0.451 e. The van der Waals surface area contributed by atoms with E-state index in [4.69, 9.17) is 4.42 Å². The van der Waals surface area contributed by atoms with Crippen molar-refractivity contribution in [2.45, 2.75) is 0 Å². The maximum atomic E-state index is 13.4. The smallest absolute Gasteiger partial charge is 0.286 e. The third-order valence-electron chi connectivity index (χ3n) is 2.20. The Labute approximate surface area is 91.9 Å². The van der Waals surface area contributed by atoms with E-state index in [1.807, 2.05) is 0 Å². The SMILES string of the molecule is CNC(=O)c1ccc(-c2ccccc2[18F])o1. The van der Waals surface area contributed by atoms with Gasteiger partial charge in [0.1, 0.15) is 11.6 Å². The Morgan fingerprint density at radius 3 is 2.69 bits per heavy atom. The fourth-order valence-corrected chi connectivity index (χ4v) is 1.39. The topological polar surface area (TPSA) is 42.2 Å². The van der Waals surface area contributed by atoms with E-state index in [-0.39, 0.29) is 17.5 Å². The third kappa shape index (κ3) is 1.82. The Bertz CT molecular complexity index is 519. The highest BCUT2D eigenvalue weighted by atomic mass is 18.2. The van der Waals surface area contributed by atoms with Crippen LogP contribution in [-0.4, -0.2) is 13.0 Å². The second-order valence-electron chi connectivity index (χ2n) is 3.22. The molecule has 0 bridgehead atoms. The molecule has 2 rings (SSSR count). The number of hydrogen-bond donors (Lipinski definition) is 1. The molecule has 3 nitrogen and oxygen atoms in total. The number of rotatable bonds is 2. The van der Waals surface area contributed by atoms with Crippen LogP contribution < -0.4 is 5.32 Å². The van der Waals surface area contributed by atoms with Crippen LogP contribution in [0, 0.1) is 5.82 Å². The van der Waals surface area contributed by atoms with Crippen LogP contribution in [0.1, 0.15) is 10.6 Å². The van der Waals surface area contributed by atoms with E-state index in [0.717, 1.165) is 0 Å². The van der Waals surface area contributed by atoms with Crippen molar-refractivity contribution >= 4 is 5.91 Å². The molecule has 1 aromatic carbocycles. The molecule has 0 radical (unpaired) electrons. The van der Waals surface area contributed by atoms with Crippen molar-refractivity contribution in [1.29, 1.82) is 0 Å². The Kier molecular flexibility index (Phi) is 2.72. The first-order valence-corrected chi connectivity index (χ1v) is 4.79. The summed E-state index contributed by atoms with van der Waals surface area (Å²) in [4.78, 5) is 11.2. The lowest BCUT2D eigenvalue weighted by atomic mass is 10.1. The lowest BCUT2D eigenvalue weighted by Crippen LogP contribution is -2.16. The molecule has 0 saturated heterocycles. The van der Waals surface area contributed by atoms with Crippen molar-refractivity contribution < 1.29 is 13.6 Å². The molecule has 0 aliphatic heterocycles. The number of carbonyl (C=O) groups is 1. The molecule has 1 N–H and O–H groups in total. The van der Waals surface area contributed by atoms with Crippen LogP contribution in [0.15, 0.2) is 40.8 Å². The van der Waals surface area contributed by atoms with Gasteiger partial charge in [-0.3, -0.25) is 4.79 Å². The van der Waals surface area contributed by atoms with Gasteiger partial charge in [-0.05, 0) is 24.3 Å². The minimum absolute atomic E-state index is 0.167. The van der Waals surface area contributed by atoms with Crippen LogP contribution in [0.25, 0.3) is 11.3 Å². The van der Waals surface area contributed by atoms with Gasteiger partial charge in [-0.2, -0.15) is 0 Å². The molecular weight excluding hydrogens is 208 g/mol. The Balaban J connectivity index is 2.39. The summed E-state index contributed by atoms with van der Waals surface area (Å²) in [5.41, 5.74) is 0.345. The van der Waals surface area contributed by atoms with E-state index in [1.165, 1.54) is 19.2 Å². The highest BCUT2D eigenvalue weighted by Crippen LogP contribution is 2.24. The first kappa shape index (κ1) is 10.4. The van der Waals surface area contributed by atoms with Crippen molar-refractivity contribution in [2.24, 2.45) is 0 Å². The molecule has 1 heterocycles. The highest BCUT2D eigenvalue weighted by molar-refractivity contribution is 5.91. The highest BCUT2D eigenvalue weighted by Gasteiger charge is 2.12. The number of halogens is 1. The van der Waals surface area contributed by atoms with Gasteiger partial charge in [0, 0.05) is 7.05 Å². The molecule has 16 heavy (non-hydrogen) atoms. The summed E-state index contributed by atoms with van der Waals surface area (Å²) in [6.45, 7) is 0. The second kappa shape index (κ2) is 4.18. The van der Waals surface area contributed by atoms with E-state index in [2.05, 4.69) is 5.32 Å². The van der Waals surface area contributed by atoms with Crippen LogP contribution in [0.3, 0.4) is 0 Å². The van der Waals surface area contributed by atoms with E-state index in [1.54, 1.807) is 24.3 Å². The summed E-state index contributed by atoms with van der Waals surface area (Å²) in [5, 5.41) is 2.43. The zero-order chi connectivity index (χ0) is 11.5. The van der Waals surface area contributed by atoms with E-state index in [9.17, 15) is 9.18 Å². The first-order valence-electron chi connectivity index (χ1n) is 4.79. The molecule has 0 aliphatic rings. The van der Waals surface area contributed by atoms with Gasteiger partial charge in [0.05, 0.1) is 5.56 Å². The maximum Gasteiger partial charge on any atom is 0.286 e. The lowest BCUT2D eigenvalue weighted by molar-refractivity contribution is 0.0936. The fraction of sp³-hybridized carbons (Fsp3) is 0.0833. The van der Waals surface area contributed by atoms with E-state index in [0.29, 0.717) is 11.3 Å². The van der Waals surface area contributed by atoms with Crippen LogP contribution in [0.5, 0.6) is 0 Å². The molecule has 82 valence electrons. The van der Waals surface area contributed by atoms with Crippen molar-refractivity contribution in [1.82, 2.24) is 5.32 Å². The van der Waals surface area contributed by atoms with Gasteiger partial charge in [0.15, 0.2) is 5.76 Å². The monoisotopic (exact) mass is 218 g/mol. The van der Waals surface area contributed by atoms with Crippen LogP contribution in [0.2, 0.25) is 0 Å². The predicted molar refractivity (Wildman–Crippen MR) is 57.5 cm³/mol. The molecule has 0 spiro atoms. The molecule has 2 aromatic rings. The van der Waals surface area contributed by atoms with Gasteiger partial charge in [0.2, 0.25) is 0 Å². The van der Waals surface area contributed by atoms with Crippen LogP contribution in [-0.2, 0) is 0 Å². The van der Waals surface area contributed by atoms with Crippen molar-refractivity contribution in [2.75, 3.05) is 7.05 Å². The Morgan fingerprint density at radius 2 is 2.00 bits per heavy atom. The molecule has 1 amide bonds. The van der Waals surface area contributed by atoms with Crippen molar-refractivity contribution in [3.8, 4) is 11.3 Å². The maximum absolute atomic E-state index is 13.4. The summed E-state index contributed by atoms with van der Waals surface area (Å²) >= 11 is 0. The minimum atomic E-state index is -0.375. The summed E-state index contributed by atoms with van der Waals surface area (Å²) in [5.74, 6) is -0.194. The zero-order valence-electron chi connectivity index (χ0n) is 8.66.